The van der Waals surface area contributed by atoms with Crippen LogP contribution in [0.4, 0.5) is 17.1 Å². The van der Waals surface area contributed by atoms with Crippen molar-refractivity contribution in [2.24, 2.45) is 0 Å². The molecule has 1 heterocycles. The van der Waals surface area contributed by atoms with Gasteiger partial charge in [0.2, 0.25) is 11.8 Å². The SMILES string of the molecule is COC(=O)c1ccccc1NC(=O)CC1Nc2cccc3cccc(c23)NC1=O. The highest BCUT2D eigenvalue weighted by Gasteiger charge is 2.27. The van der Waals surface area contributed by atoms with Crippen LogP contribution < -0.4 is 16.0 Å². The first-order chi connectivity index (χ1) is 14.1. The minimum absolute atomic E-state index is 0.105. The molecule has 7 heteroatoms. The summed E-state index contributed by atoms with van der Waals surface area (Å²) in [6, 6.07) is 17.2. The van der Waals surface area contributed by atoms with Gasteiger partial charge in [0.15, 0.2) is 0 Å². The third-order valence-corrected chi connectivity index (χ3v) is 4.80. The largest absolute Gasteiger partial charge is 0.465 e. The maximum absolute atomic E-state index is 12.7. The zero-order valence-electron chi connectivity index (χ0n) is 15.7. The molecule has 4 rings (SSSR count). The van der Waals surface area contributed by atoms with Crippen LogP contribution in [0.15, 0.2) is 60.7 Å². The summed E-state index contributed by atoms with van der Waals surface area (Å²) >= 11 is 0. The van der Waals surface area contributed by atoms with Gasteiger partial charge in [-0.3, -0.25) is 9.59 Å². The Labute approximate surface area is 167 Å². The molecular weight excluding hydrogens is 370 g/mol. The van der Waals surface area contributed by atoms with Crippen molar-refractivity contribution in [2.75, 3.05) is 23.1 Å². The average Bonchev–Trinajstić information content (AvgIpc) is 2.86. The molecule has 3 aromatic carbocycles. The molecule has 0 spiro atoms. The van der Waals surface area contributed by atoms with Gasteiger partial charge in [-0.15, -0.1) is 0 Å². The van der Waals surface area contributed by atoms with Crippen molar-refractivity contribution >= 4 is 45.6 Å². The number of esters is 1. The van der Waals surface area contributed by atoms with Gasteiger partial charge in [0.1, 0.15) is 6.04 Å². The second kappa shape index (κ2) is 7.63. The second-order valence-corrected chi connectivity index (χ2v) is 6.68. The van der Waals surface area contributed by atoms with Gasteiger partial charge in [0.05, 0.1) is 30.5 Å². The van der Waals surface area contributed by atoms with Crippen molar-refractivity contribution < 1.29 is 19.1 Å². The van der Waals surface area contributed by atoms with Gasteiger partial charge < -0.3 is 20.7 Å². The summed E-state index contributed by atoms with van der Waals surface area (Å²) in [5.41, 5.74) is 2.07. The quantitative estimate of drug-likeness (QED) is 0.595. The molecule has 1 aliphatic heterocycles. The highest BCUT2D eigenvalue weighted by atomic mass is 16.5. The Morgan fingerprint density at radius 1 is 1.00 bits per heavy atom. The number of carbonyl (C=O) groups is 3. The number of anilines is 3. The number of benzene rings is 3. The van der Waals surface area contributed by atoms with Crippen LogP contribution in [-0.4, -0.2) is 30.9 Å². The summed E-state index contributed by atoms with van der Waals surface area (Å²) in [5, 5.41) is 10.7. The van der Waals surface area contributed by atoms with Gasteiger partial charge in [-0.05, 0) is 29.7 Å². The van der Waals surface area contributed by atoms with Crippen molar-refractivity contribution in [3.05, 3.63) is 66.2 Å². The van der Waals surface area contributed by atoms with E-state index in [1.807, 2.05) is 36.4 Å². The van der Waals surface area contributed by atoms with Gasteiger partial charge in [-0.1, -0.05) is 36.4 Å². The molecule has 2 amide bonds. The van der Waals surface area contributed by atoms with Gasteiger partial charge in [0.25, 0.3) is 0 Å². The minimum atomic E-state index is -0.765. The van der Waals surface area contributed by atoms with Crippen LogP contribution in [0.5, 0.6) is 0 Å². The average molecular weight is 389 g/mol. The van der Waals surface area contributed by atoms with E-state index in [4.69, 9.17) is 4.74 Å². The second-order valence-electron chi connectivity index (χ2n) is 6.68. The molecule has 3 N–H and O–H groups in total. The number of nitrogens with one attached hydrogen (secondary N) is 3. The van der Waals surface area contributed by atoms with Crippen LogP contribution in [0, 0.1) is 0 Å². The van der Waals surface area contributed by atoms with Crippen molar-refractivity contribution in [3.8, 4) is 0 Å². The van der Waals surface area contributed by atoms with E-state index >= 15 is 0 Å². The lowest BCUT2D eigenvalue weighted by atomic mass is 10.1. The minimum Gasteiger partial charge on any atom is -0.465 e. The number of carbonyl (C=O) groups excluding carboxylic acids is 3. The molecule has 1 unspecified atom stereocenters. The highest BCUT2D eigenvalue weighted by Crippen LogP contribution is 2.33. The Balaban J connectivity index is 1.55. The lowest BCUT2D eigenvalue weighted by molar-refractivity contribution is -0.121. The summed E-state index contributed by atoms with van der Waals surface area (Å²) in [6.07, 6.45) is -0.105. The first-order valence-corrected chi connectivity index (χ1v) is 9.13. The number of amides is 2. The Hall–Kier alpha value is -3.87. The van der Waals surface area contributed by atoms with Crippen LogP contribution in [0.25, 0.3) is 10.8 Å². The van der Waals surface area contributed by atoms with E-state index < -0.39 is 17.9 Å². The molecule has 146 valence electrons. The fourth-order valence-electron chi connectivity index (χ4n) is 3.45. The lowest BCUT2D eigenvalue weighted by Gasteiger charge is -2.17. The maximum Gasteiger partial charge on any atom is 0.339 e. The Morgan fingerprint density at radius 3 is 2.48 bits per heavy atom. The van der Waals surface area contributed by atoms with Crippen molar-refractivity contribution in [3.63, 3.8) is 0 Å². The molecule has 29 heavy (non-hydrogen) atoms. The zero-order chi connectivity index (χ0) is 20.4. The van der Waals surface area contributed by atoms with Gasteiger partial charge in [-0.25, -0.2) is 4.79 Å². The van der Waals surface area contributed by atoms with Gasteiger partial charge in [-0.2, -0.15) is 0 Å². The van der Waals surface area contributed by atoms with E-state index in [0.717, 1.165) is 16.5 Å². The van der Waals surface area contributed by atoms with Gasteiger partial charge >= 0.3 is 5.97 Å². The summed E-state index contributed by atoms with van der Waals surface area (Å²) in [4.78, 5) is 37.2. The number of rotatable bonds is 4. The molecule has 0 saturated heterocycles. The van der Waals surface area contributed by atoms with E-state index in [1.54, 1.807) is 24.3 Å². The standard InChI is InChI=1S/C22H19N3O4/c1-29-22(28)14-8-2-3-9-15(14)24-19(26)12-18-21(27)25-17-11-5-7-13-6-4-10-16(23-18)20(13)17/h2-11,18,23H,12H2,1H3,(H,24,26)(H,25,27). The summed E-state index contributed by atoms with van der Waals surface area (Å²) in [7, 11) is 1.28. The van der Waals surface area contributed by atoms with Crippen LogP contribution in [-0.2, 0) is 14.3 Å². The third kappa shape index (κ3) is 3.62. The van der Waals surface area contributed by atoms with Crippen molar-refractivity contribution in [2.45, 2.75) is 12.5 Å². The fourth-order valence-corrected chi connectivity index (χ4v) is 3.45. The van der Waals surface area contributed by atoms with Crippen LogP contribution in [0.2, 0.25) is 0 Å². The number of hydrogen-bond donors (Lipinski definition) is 3. The van der Waals surface area contributed by atoms with Crippen molar-refractivity contribution in [1.82, 2.24) is 0 Å². The zero-order valence-corrected chi connectivity index (χ0v) is 15.7. The molecule has 0 saturated carbocycles. The molecule has 0 fully saturated rings. The van der Waals surface area contributed by atoms with E-state index in [1.165, 1.54) is 7.11 Å². The Morgan fingerprint density at radius 2 is 1.72 bits per heavy atom. The van der Waals surface area contributed by atoms with Crippen LogP contribution >= 0.6 is 0 Å². The molecule has 0 bridgehead atoms. The summed E-state index contributed by atoms with van der Waals surface area (Å²) in [5.74, 6) is -1.24. The van der Waals surface area contributed by atoms with E-state index in [2.05, 4.69) is 16.0 Å². The molecule has 7 nitrogen and oxygen atoms in total. The van der Waals surface area contributed by atoms with E-state index in [0.29, 0.717) is 11.4 Å². The predicted octanol–water partition coefficient (Wildman–Crippen LogP) is 3.39. The van der Waals surface area contributed by atoms with E-state index in [9.17, 15) is 14.4 Å². The van der Waals surface area contributed by atoms with Gasteiger partial charge in [0, 0.05) is 11.1 Å². The van der Waals surface area contributed by atoms with Crippen molar-refractivity contribution in [1.29, 1.82) is 0 Å². The first kappa shape index (κ1) is 18.5. The fraction of sp³-hybridized carbons (Fsp3) is 0.136. The topological polar surface area (TPSA) is 96.5 Å². The Kier molecular flexibility index (Phi) is 4.87. The molecule has 0 aromatic heterocycles. The lowest BCUT2D eigenvalue weighted by Crippen LogP contribution is -2.36. The predicted molar refractivity (Wildman–Crippen MR) is 111 cm³/mol. The van der Waals surface area contributed by atoms with Crippen LogP contribution in [0.3, 0.4) is 0 Å². The molecule has 1 aliphatic rings. The molecule has 1 atom stereocenters. The third-order valence-electron chi connectivity index (χ3n) is 4.80. The number of methoxy groups -OCH3 is 1. The molecule has 0 radical (unpaired) electrons. The Bertz CT molecular complexity index is 1120. The number of para-hydroxylation sites is 1. The molecular formula is C22H19N3O4. The highest BCUT2D eigenvalue weighted by molar-refractivity contribution is 6.13. The first-order valence-electron chi connectivity index (χ1n) is 9.13. The van der Waals surface area contributed by atoms with Crippen LogP contribution in [0.1, 0.15) is 16.8 Å². The normalized spacial score (nSPS) is 15.1. The number of hydrogen-bond acceptors (Lipinski definition) is 5. The smallest absolute Gasteiger partial charge is 0.339 e. The number of ether oxygens (including phenoxy) is 1. The molecule has 0 aliphatic carbocycles. The maximum atomic E-state index is 12.7. The summed E-state index contributed by atoms with van der Waals surface area (Å²) in [6.45, 7) is 0. The summed E-state index contributed by atoms with van der Waals surface area (Å²) < 4.78 is 4.74. The molecule has 3 aromatic rings. The van der Waals surface area contributed by atoms with E-state index in [-0.39, 0.29) is 17.9 Å². The monoisotopic (exact) mass is 389 g/mol.